The summed E-state index contributed by atoms with van der Waals surface area (Å²) in [6.45, 7) is 2.93. The van der Waals surface area contributed by atoms with Crippen LogP contribution in [0.5, 0.6) is 5.75 Å². The molecule has 2 aromatic carbocycles. The van der Waals surface area contributed by atoms with Gasteiger partial charge in [-0.05, 0) is 48.6 Å². The fourth-order valence-corrected chi connectivity index (χ4v) is 2.65. The molecule has 21 heavy (non-hydrogen) atoms. The van der Waals surface area contributed by atoms with E-state index in [1.807, 2.05) is 6.07 Å². The van der Waals surface area contributed by atoms with Crippen LogP contribution in [0.3, 0.4) is 0 Å². The lowest BCUT2D eigenvalue weighted by molar-refractivity contribution is 0.311. The molecular formula is C19H21NO. The van der Waals surface area contributed by atoms with Crippen LogP contribution in [0, 0.1) is 0 Å². The Hall–Kier alpha value is -2.22. The van der Waals surface area contributed by atoms with Gasteiger partial charge < -0.3 is 9.72 Å². The van der Waals surface area contributed by atoms with E-state index in [4.69, 9.17) is 4.74 Å². The third-order valence-electron chi connectivity index (χ3n) is 3.84. The monoisotopic (exact) mass is 279 g/mol. The summed E-state index contributed by atoms with van der Waals surface area (Å²) >= 11 is 0. The van der Waals surface area contributed by atoms with E-state index in [0.717, 1.165) is 31.6 Å². The van der Waals surface area contributed by atoms with Gasteiger partial charge in [0.2, 0.25) is 0 Å². The highest BCUT2D eigenvalue weighted by molar-refractivity contribution is 5.84. The number of benzene rings is 2. The molecule has 0 atom stereocenters. The van der Waals surface area contributed by atoms with Crippen molar-refractivity contribution in [2.45, 2.75) is 26.2 Å². The second-order valence-corrected chi connectivity index (χ2v) is 5.31. The third-order valence-corrected chi connectivity index (χ3v) is 3.84. The summed E-state index contributed by atoms with van der Waals surface area (Å²) in [4.78, 5) is 3.30. The van der Waals surface area contributed by atoms with Gasteiger partial charge in [0.1, 0.15) is 5.75 Å². The van der Waals surface area contributed by atoms with Gasteiger partial charge >= 0.3 is 0 Å². The van der Waals surface area contributed by atoms with Gasteiger partial charge in [-0.25, -0.2) is 0 Å². The molecule has 0 aliphatic carbocycles. The zero-order valence-corrected chi connectivity index (χ0v) is 12.4. The lowest BCUT2D eigenvalue weighted by atomic mass is 10.1. The van der Waals surface area contributed by atoms with Gasteiger partial charge in [0.15, 0.2) is 0 Å². The number of aryl methyl sites for hydroxylation is 2. The fourth-order valence-electron chi connectivity index (χ4n) is 2.65. The molecule has 108 valence electrons. The van der Waals surface area contributed by atoms with Crippen LogP contribution in [0.4, 0.5) is 0 Å². The molecule has 0 spiro atoms. The smallest absolute Gasteiger partial charge is 0.120 e. The van der Waals surface area contributed by atoms with E-state index < -0.39 is 0 Å². The number of aromatic amines is 1. The summed E-state index contributed by atoms with van der Waals surface area (Å²) in [6, 6.07) is 16.8. The number of H-pyrrole nitrogens is 1. The summed E-state index contributed by atoms with van der Waals surface area (Å²) < 4.78 is 5.89. The maximum absolute atomic E-state index is 5.89. The molecule has 1 aromatic heterocycles. The molecule has 1 N–H and O–H groups in total. The maximum Gasteiger partial charge on any atom is 0.120 e. The average molecular weight is 279 g/mol. The second-order valence-electron chi connectivity index (χ2n) is 5.31. The molecule has 1 heterocycles. The predicted octanol–water partition coefficient (Wildman–Crippen LogP) is 4.74. The number of rotatable bonds is 6. The molecule has 0 saturated heterocycles. The van der Waals surface area contributed by atoms with Gasteiger partial charge in [-0.1, -0.05) is 37.3 Å². The molecule has 0 aliphatic heterocycles. The van der Waals surface area contributed by atoms with Gasteiger partial charge in [-0.15, -0.1) is 0 Å². The largest absolute Gasteiger partial charge is 0.494 e. The molecule has 2 heteroatoms. The first-order valence-electron chi connectivity index (χ1n) is 7.63. The molecular weight excluding hydrogens is 258 g/mol. The van der Waals surface area contributed by atoms with Crippen molar-refractivity contribution in [3.63, 3.8) is 0 Å². The van der Waals surface area contributed by atoms with Crippen LogP contribution < -0.4 is 4.74 Å². The number of fused-ring (bicyclic) bond motifs is 1. The molecule has 3 rings (SSSR count). The Labute approximate surface area is 125 Å². The average Bonchev–Trinajstić information content (AvgIpc) is 2.95. The van der Waals surface area contributed by atoms with Crippen molar-refractivity contribution < 1.29 is 4.74 Å². The third kappa shape index (κ3) is 3.27. The number of aromatic nitrogens is 1. The zero-order valence-electron chi connectivity index (χ0n) is 12.4. The van der Waals surface area contributed by atoms with Gasteiger partial charge in [-0.3, -0.25) is 0 Å². The fraction of sp³-hybridized carbons (Fsp3) is 0.263. The van der Waals surface area contributed by atoms with E-state index in [1.54, 1.807) is 0 Å². The quantitative estimate of drug-likeness (QED) is 0.648. The Bertz CT molecular complexity index is 700. The van der Waals surface area contributed by atoms with Crippen molar-refractivity contribution in [2.24, 2.45) is 0 Å². The lowest BCUT2D eigenvalue weighted by Crippen LogP contribution is -1.99. The van der Waals surface area contributed by atoms with E-state index in [-0.39, 0.29) is 0 Å². The van der Waals surface area contributed by atoms with Gasteiger partial charge in [-0.2, -0.15) is 0 Å². The van der Waals surface area contributed by atoms with E-state index in [0.29, 0.717) is 0 Å². The molecule has 0 fully saturated rings. The van der Waals surface area contributed by atoms with Crippen molar-refractivity contribution in [3.05, 3.63) is 65.9 Å². The Kier molecular flexibility index (Phi) is 4.25. The van der Waals surface area contributed by atoms with Crippen LogP contribution in [0.25, 0.3) is 10.9 Å². The molecule has 0 aliphatic rings. The number of hydrogen-bond donors (Lipinski definition) is 1. The van der Waals surface area contributed by atoms with Crippen LogP contribution in [0.1, 0.15) is 24.5 Å². The normalized spacial score (nSPS) is 10.9. The van der Waals surface area contributed by atoms with Crippen molar-refractivity contribution >= 4 is 10.9 Å². The van der Waals surface area contributed by atoms with E-state index >= 15 is 0 Å². The minimum Gasteiger partial charge on any atom is -0.494 e. The summed E-state index contributed by atoms with van der Waals surface area (Å²) in [5.41, 5.74) is 3.90. The highest BCUT2D eigenvalue weighted by Gasteiger charge is 2.03. The Morgan fingerprint density at radius 3 is 2.71 bits per heavy atom. The van der Waals surface area contributed by atoms with Gasteiger partial charge in [0, 0.05) is 17.1 Å². The maximum atomic E-state index is 5.89. The van der Waals surface area contributed by atoms with Crippen LogP contribution in [-0.4, -0.2) is 11.6 Å². The Balaban J connectivity index is 1.58. The number of ether oxygens (including phenoxy) is 1. The highest BCUT2D eigenvalue weighted by Crippen LogP contribution is 2.24. The van der Waals surface area contributed by atoms with E-state index in [2.05, 4.69) is 60.6 Å². The molecule has 2 nitrogen and oxygen atoms in total. The molecule has 0 radical (unpaired) electrons. The van der Waals surface area contributed by atoms with Crippen LogP contribution in [0.2, 0.25) is 0 Å². The SMILES string of the molecule is CCc1c[nH]c2ccc(OCCCc3ccccc3)cc12. The van der Waals surface area contributed by atoms with Crippen LogP contribution in [0.15, 0.2) is 54.7 Å². The van der Waals surface area contributed by atoms with Crippen LogP contribution >= 0.6 is 0 Å². The first-order valence-corrected chi connectivity index (χ1v) is 7.63. The Morgan fingerprint density at radius 1 is 1.05 bits per heavy atom. The molecule has 3 aromatic rings. The number of nitrogens with one attached hydrogen (secondary N) is 1. The standard InChI is InChI=1S/C19H21NO/c1-2-16-14-20-19-11-10-17(13-18(16)19)21-12-6-9-15-7-4-3-5-8-15/h3-5,7-8,10-11,13-14,20H,2,6,9,12H2,1H3. The topological polar surface area (TPSA) is 25.0 Å². The lowest BCUT2D eigenvalue weighted by Gasteiger charge is -2.07. The molecule has 0 amide bonds. The van der Waals surface area contributed by atoms with Crippen LogP contribution in [-0.2, 0) is 12.8 Å². The summed E-state index contributed by atoms with van der Waals surface area (Å²) in [6.07, 6.45) is 5.23. The van der Waals surface area contributed by atoms with E-state index in [9.17, 15) is 0 Å². The predicted molar refractivity (Wildman–Crippen MR) is 87.9 cm³/mol. The van der Waals surface area contributed by atoms with E-state index in [1.165, 1.54) is 22.0 Å². The summed E-state index contributed by atoms with van der Waals surface area (Å²) in [5.74, 6) is 0.963. The van der Waals surface area contributed by atoms with Gasteiger partial charge in [0.25, 0.3) is 0 Å². The number of hydrogen-bond acceptors (Lipinski definition) is 1. The van der Waals surface area contributed by atoms with Gasteiger partial charge in [0.05, 0.1) is 6.61 Å². The van der Waals surface area contributed by atoms with Crippen molar-refractivity contribution in [3.8, 4) is 5.75 Å². The summed E-state index contributed by atoms with van der Waals surface area (Å²) in [5, 5.41) is 1.28. The first kappa shape index (κ1) is 13.7. The first-order chi connectivity index (χ1) is 10.4. The van der Waals surface area contributed by atoms with Crippen molar-refractivity contribution in [1.82, 2.24) is 4.98 Å². The second kappa shape index (κ2) is 6.49. The Morgan fingerprint density at radius 2 is 1.90 bits per heavy atom. The summed E-state index contributed by atoms with van der Waals surface area (Å²) in [7, 11) is 0. The zero-order chi connectivity index (χ0) is 14.5. The molecule has 0 saturated carbocycles. The molecule has 0 unspecified atom stereocenters. The minimum atomic E-state index is 0.756. The highest BCUT2D eigenvalue weighted by atomic mass is 16.5. The minimum absolute atomic E-state index is 0.756. The van der Waals surface area contributed by atoms with Crippen molar-refractivity contribution in [1.29, 1.82) is 0 Å². The van der Waals surface area contributed by atoms with Crippen molar-refractivity contribution in [2.75, 3.05) is 6.61 Å². The molecule has 0 bridgehead atoms.